The number of ether oxygens (including phenoxy) is 3. The fraction of sp³-hybridized carbons (Fsp3) is 0.308. The lowest BCUT2D eigenvalue weighted by Gasteiger charge is -2.18. The molecule has 0 amide bonds. The first-order valence-corrected chi connectivity index (χ1v) is 12.5. The normalized spacial score (nSPS) is 11.2. The molecule has 0 spiro atoms. The Hall–Kier alpha value is -3.99. The molecule has 4 aromatic rings. The van der Waals surface area contributed by atoms with E-state index in [-0.39, 0.29) is 5.25 Å². The van der Waals surface area contributed by atoms with E-state index in [2.05, 4.69) is 38.5 Å². The minimum atomic E-state index is 0.197. The SMILES string of the molecule is C=CC.COc1cccc(-c2nnc(NSC(C)Cn3cc(C)cn3)n2-c2c(OC)cccc2OC)n1. The van der Waals surface area contributed by atoms with Gasteiger partial charge in [-0.2, -0.15) is 5.10 Å². The average Bonchev–Trinajstić information content (AvgIpc) is 3.52. The smallest absolute Gasteiger partial charge is 0.239 e. The number of benzene rings is 1. The molecule has 0 fully saturated rings. The summed E-state index contributed by atoms with van der Waals surface area (Å²) in [5, 5.41) is 13.4. The number of rotatable bonds is 10. The maximum absolute atomic E-state index is 5.66. The zero-order valence-electron chi connectivity index (χ0n) is 22.0. The van der Waals surface area contributed by atoms with E-state index < -0.39 is 0 Å². The highest BCUT2D eigenvalue weighted by Crippen LogP contribution is 2.38. The highest BCUT2D eigenvalue weighted by Gasteiger charge is 2.23. The van der Waals surface area contributed by atoms with Crippen LogP contribution in [-0.2, 0) is 6.54 Å². The van der Waals surface area contributed by atoms with Crippen LogP contribution in [0.1, 0.15) is 19.4 Å². The number of anilines is 1. The van der Waals surface area contributed by atoms with Gasteiger partial charge in [0.25, 0.3) is 0 Å². The fourth-order valence-corrected chi connectivity index (χ4v) is 4.12. The van der Waals surface area contributed by atoms with Crippen molar-refractivity contribution in [1.29, 1.82) is 0 Å². The molecule has 10 nitrogen and oxygen atoms in total. The number of aryl methyl sites for hydroxylation is 1. The Bertz CT molecular complexity index is 1280. The minimum absolute atomic E-state index is 0.197. The number of aromatic nitrogens is 6. The van der Waals surface area contributed by atoms with Crippen LogP contribution in [0, 0.1) is 6.92 Å². The van der Waals surface area contributed by atoms with Gasteiger partial charge in [-0.25, -0.2) is 4.98 Å². The lowest BCUT2D eigenvalue weighted by molar-refractivity contribution is 0.391. The molecule has 0 radical (unpaired) electrons. The second-order valence-corrected chi connectivity index (χ2v) is 9.18. The Morgan fingerprint density at radius 1 is 1.05 bits per heavy atom. The molecule has 0 aliphatic heterocycles. The van der Waals surface area contributed by atoms with Crippen LogP contribution in [0.3, 0.4) is 0 Å². The fourth-order valence-electron chi connectivity index (χ4n) is 3.45. The van der Waals surface area contributed by atoms with Crippen molar-refractivity contribution in [1.82, 2.24) is 29.5 Å². The summed E-state index contributed by atoms with van der Waals surface area (Å²) in [5.74, 6) is 2.72. The van der Waals surface area contributed by atoms with E-state index in [1.807, 2.05) is 65.8 Å². The predicted molar refractivity (Wildman–Crippen MR) is 148 cm³/mol. The van der Waals surface area contributed by atoms with Crippen molar-refractivity contribution in [3.05, 3.63) is 67.0 Å². The molecule has 11 heteroatoms. The van der Waals surface area contributed by atoms with Crippen LogP contribution < -0.4 is 18.9 Å². The number of pyridine rings is 1. The van der Waals surface area contributed by atoms with Gasteiger partial charge >= 0.3 is 0 Å². The van der Waals surface area contributed by atoms with E-state index in [1.54, 1.807) is 33.5 Å². The topological polar surface area (TPSA) is 101 Å². The van der Waals surface area contributed by atoms with Crippen LogP contribution in [0.5, 0.6) is 17.4 Å². The molecule has 3 heterocycles. The van der Waals surface area contributed by atoms with Gasteiger partial charge in [-0.05, 0) is 56.5 Å². The summed E-state index contributed by atoms with van der Waals surface area (Å²) in [5.41, 5.74) is 2.39. The van der Waals surface area contributed by atoms with E-state index in [1.165, 1.54) is 11.9 Å². The van der Waals surface area contributed by atoms with Gasteiger partial charge in [0.15, 0.2) is 5.82 Å². The van der Waals surface area contributed by atoms with Crippen molar-refractivity contribution in [2.45, 2.75) is 32.6 Å². The standard InChI is InChI=1S/C23H27N7O3S.C3H6/c1-15-12-24-29(13-15)14-16(2)34-28-23-27-26-22(17-8-6-11-20(25-17)33-5)30(23)21-18(31-3)9-7-10-19(21)32-4;1-3-2/h6-13,16H,14H2,1-5H3,(H,27,28);3H,1H2,2H3. The van der Waals surface area contributed by atoms with Crippen molar-refractivity contribution in [3.8, 4) is 34.6 Å². The number of nitrogens with zero attached hydrogens (tertiary/aromatic N) is 6. The molecule has 1 aromatic carbocycles. The molecule has 3 aromatic heterocycles. The Kier molecular flexibility index (Phi) is 9.96. The van der Waals surface area contributed by atoms with Crippen molar-refractivity contribution in [2.75, 3.05) is 26.1 Å². The molecule has 0 saturated heterocycles. The molecule has 1 unspecified atom stereocenters. The third-order valence-corrected chi connectivity index (χ3v) is 5.86. The molecule has 0 aliphatic carbocycles. The summed E-state index contributed by atoms with van der Waals surface area (Å²) in [4.78, 5) is 4.55. The van der Waals surface area contributed by atoms with Gasteiger partial charge in [-0.3, -0.25) is 14.0 Å². The van der Waals surface area contributed by atoms with E-state index in [4.69, 9.17) is 14.2 Å². The Labute approximate surface area is 221 Å². The number of hydrogen-bond acceptors (Lipinski definition) is 9. The first-order valence-electron chi connectivity index (χ1n) is 11.6. The molecule has 196 valence electrons. The Morgan fingerprint density at radius 3 is 2.32 bits per heavy atom. The summed E-state index contributed by atoms with van der Waals surface area (Å²) < 4.78 is 23.8. The molecule has 37 heavy (non-hydrogen) atoms. The van der Waals surface area contributed by atoms with Crippen LogP contribution >= 0.6 is 11.9 Å². The van der Waals surface area contributed by atoms with Crippen molar-refractivity contribution < 1.29 is 14.2 Å². The molecule has 4 rings (SSSR count). The number of allylic oxidation sites excluding steroid dienone is 1. The number of nitrogens with one attached hydrogen (secondary N) is 1. The molecule has 0 aliphatic rings. The maximum Gasteiger partial charge on any atom is 0.239 e. The van der Waals surface area contributed by atoms with Crippen LogP contribution in [0.4, 0.5) is 5.95 Å². The molecule has 1 atom stereocenters. The Balaban J connectivity index is 0.00000121. The first-order chi connectivity index (χ1) is 17.9. The highest BCUT2D eigenvalue weighted by atomic mass is 32.2. The molecule has 0 saturated carbocycles. The van der Waals surface area contributed by atoms with Crippen LogP contribution in [0.25, 0.3) is 17.2 Å². The Morgan fingerprint density at radius 2 is 1.73 bits per heavy atom. The lowest BCUT2D eigenvalue weighted by atomic mass is 10.2. The third-order valence-electron chi connectivity index (χ3n) is 5.01. The van der Waals surface area contributed by atoms with Crippen molar-refractivity contribution in [2.24, 2.45) is 0 Å². The first kappa shape index (κ1) is 27.6. The summed E-state index contributed by atoms with van der Waals surface area (Å²) in [6.45, 7) is 10.1. The van der Waals surface area contributed by atoms with Crippen LogP contribution in [-0.4, -0.2) is 56.1 Å². The van der Waals surface area contributed by atoms with Gasteiger partial charge in [0.1, 0.15) is 22.9 Å². The molecule has 1 N–H and O–H groups in total. The van der Waals surface area contributed by atoms with Crippen molar-refractivity contribution >= 4 is 17.9 Å². The van der Waals surface area contributed by atoms with Gasteiger partial charge in [-0.15, -0.1) is 16.8 Å². The second kappa shape index (κ2) is 13.4. The summed E-state index contributed by atoms with van der Waals surface area (Å²) >= 11 is 1.52. The zero-order chi connectivity index (χ0) is 26.8. The molecule has 0 bridgehead atoms. The van der Waals surface area contributed by atoms with E-state index in [0.717, 1.165) is 12.1 Å². The second-order valence-electron chi connectivity index (χ2n) is 7.94. The van der Waals surface area contributed by atoms with E-state index >= 15 is 0 Å². The third kappa shape index (κ3) is 6.82. The van der Waals surface area contributed by atoms with E-state index in [0.29, 0.717) is 40.5 Å². The predicted octanol–water partition coefficient (Wildman–Crippen LogP) is 5.20. The average molecular weight is 524 g/mol. The number of hydrogen-bond donors (Lipinski definition) is 1. The molecular formula is C26H33N7O3S. The summed E-state index contributed by atoms with van der Waals surface area (Å²) in [6.07, 6.45) is 5.62. The highest BCUT2D eigenvalue weighted by molar-refractivity contribution is 8.01. The van der Waals surface area contributed by atoms with Crippen LogP contribution in [0.15, 0.2) is 61.4 Å². The number of para-hydroxylation sites is 1. The maximum atomic E-state index is 5.66. The van der Waals surface area contributed by atoms with Gasteiger partial charge in [0, 0.05) is 17.5 Å². The minimum Gasteiger partial charge on any atom is -0.494 e. The van der Waals surface area contributed by atoms with Gasteiger partial charge in [0.05, 0.1) is 34.1 Å². The monoisotopic (exact) mass is 523 g/mol. The zero-order valence-corrected chi connectivity index (χ0v) is 22.8. The number of methoxy groups -OCH3 is 3. The quantitative estimate of drug-likeness (QED) is 0.222. The molecular weight excluding hydrogens is 490 g/mol. The van der Waals surface area contributed by atoms with Gasteiger partial charge in [0.2, 0.25) is 11.8 Å². The van der Waals surface area contributed by atoms with Crippen LogP contribution in [0.2, 0.25) is 0 Å². The summed E-state index contributed by atoms with van der Waals surface area (Å²) in [6, 6.07) is 11.1. The van der Waals surface area contributed by atoms with Crippen molar-refractivity contribution in [3.63, 3.8) is 0 Å². The van der Waals surface area contributed by atoms with Gasteiger partial charge in [-0.1, -0.05) is 18.2 Å². The van der Waals surface area contributed by atoms with Gasteiger partial charge < -0.3 is 14.2 Å². The summed E-state index contributed by atoms with van der Waals surface area (Å²) in [7, 11) is 4.80. The van der Waals surface area contributed by atoms with E-state index in [9.17, 15) is 0 Å². The largest absolute Gasteiger partial charge is 0.494 e. The lowest BCUT2D eigenvalue weighted by Crippen LogP contribution is -2.13.